The predicted molar refractivity (Wildman–Crippen MR) is 83.1 cm³/mol. The molecule has 0 aliphatic carbocycles. The Kier molecular flexibility index (Phi) is 3.94. The second kappa shape index (κ2) is 6.05. The number of H-pyrrole nitrogens is 1. The van der Waals surface area contributed by atoms with Crippen LogP contribution >= 0.6 is 0 Å². The molecule has 0 fully saturated rings. The van der Waals surface area contributed by atoms with E-state index in [0.29, 0.717) is 5.69 Å². The van der Waals surface area contributed by atoms with E-state index in [1.165, 1.54) is 16.8 Å². The minimum absolute atomic E-state index is 0.0553. The Morgan fingerprint density at radius 2 is 2.09 bits per heavy atom. The lowest BCUT2D eigenvalue weighted by atomic mass is 10.1. The molecular formula is C16H15N3O4. The van der Waals surface area contributed by atoms with Gasteiger partial charge < -0.3 is 9.84 Å². The van der Waals surface area contributed by atoms with E-state index in [9.17, 15) is 9.59 Å². The number of hydrogen-bond donors (Lipinski definition) is 2. The number of benzene rings is 1. The number of aromatic amines is 1. The summed E-state index contributed by atoms with van der Waals surface area (Å²) >= 11 is 0. The summed E-state index contributed by atoms with van der Waals surface area (Å²) in [5.74, 6) is -0.536. The highest BCUT2D eigenvalue weighted by Gasteiger charge is 2.16. The Balaban J connectivity index is 2.13. The van der Waals surface area contributed by atoms with E-state index in [2.05, 4.69) is 10.1 Å². The van der Waals surface area contributed by atoms with Gasteiger partial charge in [-0.15, -0.1) is 0 Å². The standard InChI is InChI=1S/C16H15N3O4/c1-2-23-16(22)12-8-17-19-14(21)7-13(18-15(12)19)11-5-3-10(9-20)4-6-11/h3-8,17,20H,2,9H2,1H3. The Bertz CT molecular complexity index is 909. The van der Waals surface area contributed by atoms with Crippen LogP contribution in [0.1, 0.15) is 22.8 Å². The lowest BCUT2D eigenvalue weighted by Gasteiger charge is -2.04. The van der Waals surface area contributed by atoms with Gasteiger partial charge in [-0.3, -0.25) is 9.89 Å². The van der Waals surface area contributed by atoms with Crippen LogP contribution in [0.2, 0.25) is 0 Å². The van der Waals surface area contributed by atoms with Crippen LogP contribution in [-0.2, 0) is 11.3 Å². The molecule has 0 amide bonds. The van der Waals surface area contributed by atoms with Crippen LogP contribution in [0.25, 0.3) is 16.9 Å². The lowest BCUT2D eigenvalue weighted by molar-refractivity contribution is 0.0528. The Morgan fingerprint density at radius 1 is 1.35 bits per heavy atom. The van der Waals surface area contributed by atoms with E-state index in [4.69, 9.17) is 9.84 Å². The smallest absolute Gasteiger partial charge is 0.343 e. The third kappa shape index (κ3) is 2.74. The second-order valence-corrected chi connectivity index (χ2v) is 4.90. The number of aromatic nitrogens is 3. The molecular weight excluding hydrogens is 298 g/mol. The molecule has 0 bridgehead atoms. The fraction of sp³-hybridized carbons (Fsp3) is 0.188. The van der Waals surface area contributed by atoms with E-state index in [1.807, 2.05) is 0 Å². The first-order chi connectivity index (χ1) is 11.1. The average Bonchev–Trinajstić information content (AvgIpc) is 3.00. The van der Waals surface area contributed by atoms with Gasteiger partial charge >= 0.3 is 5.97 Å². The van der Waals surface area contributed by atoms with Crippen LogP contribution in [0, 0.1) is 0 Å². The van der Waals surface area contributed by atoms with E-state index in [0.717, 1.165) is 11.1 Å². The molecule has 0 atom stereocenters. The van der Waals surface area contributed by atoms with Crippen molar-refractivity contribution >= 4 is 11.6 Å². The number of aliphatic hydroxyl groups is 1. The molecule has 2 aromatic heterocycles. The zero-order chi connectivity index (χ0) is 16.4. The van der Waals surface area contributed by atoms with Crippen LogP contribution in [0.5, 0.6) is 0 Å². The number of carbonyl (C=O) groups excluding carboxylic acids is 1. The highest BCUT2D eigenvalue weighted by molar-refractivity contribution is 5.95. The molecule has 0 saturated heterocycles. The number of fused-ring (bicyclic) bond motifs is 1. The normalized spacial score (nSPS) is 10.9. The van der Waals surface area contributed by atoms with Crippen molar-refractivity contribution in [1.29, 1.82) is 0 Å². The summed E-state index contributed by atoms with van der Waals surface area (Å²) in [7, 11) is 0. The number of esters is 1. The fourth-order valence-corrected chi connectivity index (χ4v) is 2.27. The lowest BCUT2D eigenvalue weighted by Crippen LogP contribution is -2.15. The molecule has 0 radical (unpaired) electrons. The molecule has 0 saturated carbocycles. The van der Waals surface area contributed by atoms with Gasteiger partial charge in [-0.05, 0) is 12.5 Å². The molecule has 7 heteroatoms. The van der Waals surface area contributed by atoms with Crippen molar-refractivity contribution in [1.82, 2.24) is 14.6 Å². The van der Waals surface area contributed by atoms with E-state index < -0.39 is 5.97 Å². The van der Waals surface area contributed by atoms with Gasteiger partial charge in [0.1, 0.15) is 5.56 Å². The Morgan fingerprint density at radius 3 is 2.74 bits per heavy atom. The fourth-order valence-electron chi connectivity index (χ4n) is 2.27. The predicted octanol–water partition coefficient (Wildman–Crippen LogP) is 1.36. The summed E-state index contributed by atoms with van der Waals surface area (Å²) < 4.78 is 6.16. The molecule has 118 valence electrons. The highest BCUT2D eigenvalue weighted by Crippen LogP contribution is 2.18. The number of hydrogen-bond acceptors (Lipinski definition) is 5. The largest absolute Gasteiger partial charge is 0.462 e. The molecule has 0 aliphatic heterocycles. The van der Waals surface area contributed by atoms with Gasteiger partial charge in [-0.25, -0.2) is 14.3 Å². The van der Waals surface area contributed by atoms with E-state index in [1.54, 1.807) is 31.2 Å². The first-order valence-corrected chi connectivity index (χ1v) is 7.12. The van der Waals surface area contributed by atoms with Gasteiger partial charge in [0.05, 0.1) is 18.9 Å². The maximum absolute atomic E-state index is 12.2. The monoisotopic (exact) mass is 313 g/mol. The second-order valence-electron chi connectivity index (χ2n) is 4.90. The molecule has 3 aromatic rings. The maximum Gasteiger partial charge on any atom is 0.343 e. The zero-order valence-corrected chi connectivity index (χ0v) is 12.4. The molecule has 3 rings (SSSR count). The molecule has 0 spiro atoms. The topological polar surface area (TPSA) is 96.7 Å². The number of nitrogens with one attached hydrogen (secondary N) is 1. The minimum atomic E-state index is -0.536. The first-order valence-electron chi connectivity index (χ1n) is 7.12. The number of carbonyl (C=O) groups is 1. The zero-order valence-electron chi connectivity index (χ0n) is 12.4. The number of nitrogens with zero attached hydrogens (tertiary/aromatic N) is 2. The molecule has 1 aromatic carbocycles. The van der Waals surface area contributed by atoms with Crippen LogP contribution in [0.4, 0.5) is 0 Å². The van der Waals surface area contributed by atoms with Crippen molar-refractivity contribution in [2.75, 3.05) is 6.61 Å². The molecule has 0 unspecified atom stereocenters. The van der Waals surface area contributed by atoms with Crippen LogP contribution in [-0.4, -0.2) is 32.3 Å². The third-order valence-electron chi connectivity index (χ3n) is 3.43. The van der Waals surface area contributed by atoms with Gasteiger partial charge in [-0.1, -0.05) is 24.3 Å². The summed E-state index contributed by atoms with van der Waals surface area (Å²) in [4.78, 5) is 28.5. The van der Waals surface area contributed by atoms with Crippen molar-refractivity contribution in [2.45, 2.75) is 13.5 Å². The number of rotatable bonds is 4. The van der Waals surface area contributed by atoms with Crippen LogP contribution < -0.4 is 5.56 Å². The quantitative estimate of drug-likeness (QED) is 0.709. The summed E-state index contributed by atoms with van der Waals surface area (Å²) in [6.45, 7) is 1.89. The average molecular weight is 313 g/mol. The van der Waals surface area contributed by atoms with Crippen molar-refractivity contribution in [3.63, 3.8) is 0 Å². The molecule has 2 heterocycles. The Hall–Kier alpha value is -2.93. The summed E-state index contributed by atoms with van der Waals surface area (Å²) in [6, 6.07) is 8.41. The van der Waals surface area contributed by atoms with Gasteiger partial charge in [0.2, 0.25) is 0 Å². The SMILES string of the molecule is CCOC(=O)c1c[nH]n2c(=O)cc(-c3ccc(CO)cc3)nc12. The van der Waals surface area contributed by atoms with Gasteiger partial charge in [-0.2, -0.15) is 0 Å². The van der Waals surface area contributed by atoms with Gasteiger partial charge in [0.15, 0.2) is 5.65 Å². The first kappa shape index (κ1) is 15.0. The molecule has 23 heavy (non-hydrogen) atoms. The minimum Gasteiger partial charge on any atom is -0.462 e. The molecule has 7 nitrogen and oxygen atoms in total. The Labute approximate surface area is 131 Å². The van der Waals surface area contributed by atoms with Crippen LogP contribution in [0.15, 0.2) is 41.3 Å². The van der Waals surface area contributed by atoms with Crippen molar-refractivity contribution in [2.24, 2.45) is 0 Å². The third-order valence-corrected chi connectivity index (χ3v) is 3.43. The van der Waals surface area contributed by atoms with Crippen molar-refractivity contribution in [3.8, 4) is 11.3 Å². The van der Waals surface area contributed by atoms with Crippen molar-refractivity contribution < 1.29 is 14.6 Å². The number of aliphatic hydroxyl groups excluding tert-OH is 1. The molecule has 2 N–H and O–H groups in total. The maximum atomic E-state index is 12.2. The van der Waals surface area contributed by atoms with E-state index in [-0.39, 0.29) is 30.0 Å². The van der Waals surface area contributed by atoms with Crippen LogP contribution in [0.3, 0.4) is 0 Å². The highest BCUT2D eigenvalue weighted by atomic mass is 16.5. The van der Waals surface area contributed by atoms with E-state index >= 15 is 0 Å². The summed E-state index contributed by atoms with van der Waals surface area (Å²) in [5.41, 5.74) is 2.03. The van der Waals surface area contributed by atoms with Gasteiger partial charge in [0.25, 0.3) is 5.56 Å². The molecule has 0 aliphatic rings. The summed E-state index contributed by atoms with van der Waals surface area (Å²) in [5, 5.41) is 11.8. The number of ether oxygens (including phenoxy) is 1. The van der Waals surface area contributed by atoms with Crippen molar-refractivity contribution in [3.05, 3.63) is 58.0 Å². The summed E-state index contributed by atoms with van der Waals surface area (Å²) in [6.07, 6.45) is 1.40. The van der Waals surface area contributed by atoms with Gasteiger partial charge in [0, 0.05) is 17.8 Å².